The van der Waals surface area contributed by atoms with Crippen molar-refractivity contribution >= 4 is 5.91 Å². The monoisotopic (exact) mass is 286 g/mol. The van der Waals surface area contributed by atoms with Crippen LogP contribution in [0.3, 0.4) is 0 Å². The fourth-order valence-corrected chi connectivity index (χ4v) is 2.13. The second kappa shape index (κ2) is 6.50. The largest absolute Gasteiger partial charge is 0.348 e. The van der Waals surface area contributed by atoms with Crippen LogP contribution in [0.5, 0.6) is 0 Å². The molecular formula is C17H19FN2O. The maximum absolute atomic E-state index is 13.7. The fraction of sp³-hybridized carbons (Fsp3) is 0.235. The van der Waals surface area contributed by atoms with Gasteiger partial charge in [-0.2, -0.15) is 0 Å². The van der Waals surface area contributed by atoms with Gasteiger partial charge in [-0.3, -0.25) is 4.79 Å². The van der Waals surface area contributed by atoms with Gasteiger partial charge >= 0.3 is 0 Å². The average Bonchev–Trinajstić information content (AvgIpc) is 2.47. The van der Waals surface area contributed by atoms with Crippen LogP contribution >= 0.6 is 0 Å². The highest BCUT2D eigenvalue weighted by Gasteiger charge is 2.19. The van der Waals surface area contributed by atoms with Gasteiger partial charge in [0.1, 0.15) is 11.9 Å². The first-order valence-corrected chi connectivity index (χ1v) is 6.86. The minimum atomic E-state index is -0.764. The summed E-state index contributed by atoms with van der Waals surface area (Å²) in [5.74, 6) is -0.663. The van der Waals surface area contributed by atoms with E-state index in [1.54, 1.807) is 25.1 Å². The molecule has 0 aromatic heterocycles. The molecular weight excluding hydrogens is 267 g/mol. The first-order valence-electron chi connectivity index (χ1n) is 6.86. The Kier molecular flexibility index (Phi) is 4.70. The number of halogens is 1. The predicted molar refractivity (Wildman–Crippen MR) is 81.1 cm³/mol. The molecule has 0 spiro atoms. The molecule has 1 amide bonds. The van der Waals surface area contributed by atoms with Gasteiger partial charge in [0.25, 0.3) is 0 Å². The van der Waals surface area contributed by atoms with Gasteiger partial charge in [0.2, 0.25) is 5.91 Å². The van der Waals surface area contributed by atoms with E-state index in [9.17, 15) is 9.18 Å². The molecule has 4 heteroatoms. The highest BCUT2D eigenvalue weighted by atomic mass is 19.1. The van der Waals surface area contributed by atoms with Crippen LogP contribution in [-0.2, 0) is 4.79 Å². The number of carbonyl (C=O) groups is 1. The molecule has 2 aromatic rings. The summed E-state index contributed by atoms with van der Waals surface area (Å²) >= 11 is 0. The topological polar surface area (TPSA) is 55.1 Å². The molecule has 0 saturated heterocycles. The summed E-state index contributed by atoms with van der Waals surface area (Å²) in [4.78, 5) is 12.2. The number of nitrogens with two attached hydrogens (primary N) is 1. The number of nitrogens with one attached hydrogen (secondary N) is 1. The second-order valence-electron chi connectivity index (χ2n) is 5.14. The number of hydrogen-bond donors (Lipinski definition) is 2. The van der Waals surface area contributed by atoms with Crippen molar-refractivity contribution < 1.29 is 9.18 Å². The SMILES string of the molecule is Cc1ccc(C(N)C(=O)N[C@H](C)c2ccccc2F)cc1. The minimum Gasteiger partial charge on any atom is -0.348 e. The standard InChI is InChI=1S/C17H19FN2O/c1-11-7-9-13(10-8-11)16(19)17(21)20-12(2)14-5-3-4-6-15(14)18/h3-10,12,16H,19H2,1-2H3,(H,20,21)/t12-,16?/m1/s1. The summed E-state index contributed by atoms with van der Waals surface area (Å²) in [6.45, 7) is 3.70. The molecule has 3 nitrogen and oxygen atoms in total. The lowest BCUT2D eigenvalue weighted by Gasteiger charge is -2.18. The van der Waals surface area contributed by atoms with E-state index in [2.05, 4.69) is 5.32 Å². The van der Waals surface area contributed by atoms with E-state index in [0.29, 0.717) is 5.56 Å². The lowest BCUT2D eigenvalue weighted by molar-refractivity contribution is -0.123. The van der Waals surface area contributed by atoms with Gasteiger partial charge in [0.05, 0.1) is 6.04 Å². The van der Waals surface area contributed by atoms with Gasteiger partial charge in [-0.15, -0.1) is 0 Å². The normalized spacial score (nSPS) is 13.5. The smallest absolute Gasteiger partial charge is 0.241 e. The zero-order chi connectivity index (χ0) is 15.4. The molecule has 1 unspecified atom stereocenters. The number of rotatable bonds is 4. The second-order valence-corrected chi connectivity index (χ2v) is 5.14. The minimum absolute atomic E-state index is 0.324. The molecule has 21 heavy (non-hydrogen) atoms. The number of hydrogen-bond acceptors (Lipinski definition) is 2. The van der Waals surface area contributed by atoms with Crippen LogP contribution in [0, 0.1) is 12.7 Å². The Morgan fingerprint density at radius 3 is 2.38 bits per heavy atom. The quantitative estimate of drug-likeness (QED) is 0.907. The van der Waals surface area contributed by atoms with E-state index >= 15 is 0 Å². The number of aryl methyl sites for hydroxylation is 1. The Labute approximate surface area is 124 Å². The maximum atomic E-state index is 13.7. The zero-order valence-corrected chi connectivity index (χ0v) is 12.1. The summed E-state index contributed by atoms with van der Waals surface area (Å²) in [5, 5.41) is 2.75. The Hall–Kier alpha value is -2.20. The van der Waals surface area contributed by atoms with Gasteiger partial charge in [0, 0.05) is 5.56 Å². The van der Waals surface area contributed by atoms with Crippen LogP contribution in [0.2, 0.25) is 0 Å². The van der Waals surface area contributed by atoms with Gasteiger partial charge in [0.15, 0.2) is 0 Å². The van der Waals surface area contributed by atoms with Crippen molar-refractivity contribution in [1.29, 1.82) is 0 Å². The molecule has 2 rings (SSSR count). The Morgan fingerprint density at radius 1 is 1.14 bits per heavy atom. The summed E-state index contributed by atoms with van der Waals surface area (Å²) in [6, 6.07) is 12.6. The Bertz CT molecular complexity index is 625. The molecule has 0 fully saturated rings. The van der Waals surface area contributed by atoms with Crippen LogP contribution < -0.4 is 11.1 Å². The first-order chi connectivity index (χ1) is 9.99. The molecule has 2 atom stereocenters. The predicted octanol–water partition coefficient (Wildman–Crippen LogP) is 3.01. The Morgan fingerprint density at radius 2 is 1.76 bits per heavy atom. The first kappa shape index (κ1) is 15.2. The number of carbonyl (C=O) groups excluding carboxylic acids is 1. The highest BCUT2D eigenvalue weighted by molar-refractivity contribution is 5.83. The molecule has 110 valence electrons. The Balaban J connectivity index is 2.07. The highest BCUT2D eigenvalue weighted by Crippen LogP contribution is 2.18. The van der Waals surface area contributed by atoms with Crippen molar-refractivity contribution in [2.75, 3.05) is 0 Å². The molecule has 0 bridgehead atoms. The third-order valence-electron chi connectivity index (χ3n) is 3.45. The number of benzene rings is 2. The average molecular weight is 286 g/mol. The van der Waals surface area contributed by atoms with Crippen LogP contribution in [0.4, 0.5) is 4.39 Å². The van der Waals surface area contributed by atoms with E-state index in [4.69, 9.17) is 5.73 Å². The maximum Gasteiger partial charge on any atom is 0.241 e. The van der Waals surface area contributed by atoms with E-state index in [1.807, 2.05) is 31.2 Å². The molecule has 2 aromatic carbocycles. The summed E-state index contributed by atoms with van der Waals surface area (Å²) in [5.41, 5.74) is 8.23. The van der Waals surface area contributed by atoms with E-state index in [1.165, 1.54) is 6.07 Å². The van der Waals surface area contributed by atoms with Gasteiger partial charge in [-0.1, -0.05) is 48.0 Å². The van der Waals surface area contributed by atoms with Crippen molar-refractivity contribution in [3.63, 3.8) is 0 Å². The molecule has 0 heterocycles. The van der Waals surface area contributed by atoms with E-state index < -0.39 is 12.1 Å². The van der Waals surface area contributed by atoms with Gasteiger partial charge < -0.3 is 11.1 Å². The van der Waals surface area contributed by atoms with Gasteiger partial charge in [-0.05, 0) is 25.5 Å². The molecule has 3 N–H and O–H groups in total. The lowest BCUT2D eigenvalue weighted by atomic mass is 10.0. The molecule has 0 aliphatic heterocycles. The van der Waals surface area contributed by atoms with Crippen LogP contribution in [-0.4, -0.2) is 5.91 Å². The third-order valence-corrected chi connectivity index (χ3v) is 3.45. The molecule has 0 saturated carbocycles. The van der Waals surface area contributed by atoms with Crippen molar-refractivity contribution in [2.24, 2.45) is 5.73 Å². The van der Waals surface area contributed by atoms with Crippen molar-refractivity contribution in [3.8, 4) is 0 Å². The van der Waals surface area contributed by atoms with Crippen LogP contribution in [0.15, 0.2) is 48.5 Å². The third kappa shape index (κ3) is 3.67. The van der Waals surface area contributed by atoms with E-state index in [0.717, 1.165) is 11.1 Å². The number of amides is 1. The van der Waals surface area contributed by atoms with Crippen LogP contribution in [0.25, 0.3) is 0 Å². The summed E-state index contributed by atoms with van der Waals surface area (Å²) < 4.78 is 13.7. The lowest BCUT2D eigenvalue weighted by Crippen LogP contribution is -2.36. The van der Waals surface area contributed by atoms with Crippen molar-refractivity contribution in [1.82, 2.24) is 5.32 Å². The van der Waals surface area contributed by atoms with E-state index in [-0.39, 0.29) is 11.7 Å². The zero-order valence-electron chi connectivity index (χ0n) is 12.1. The molecule has 0 aliphatic rings. The molecule has 0 radical (unpaired) electrons. The van der Waals surface area contributed by atoms with Gasteiger partial charge in [-0.25, -0.2) is 4.39 Å². The molecule has 0 aliphatic carbocycles. The van der Waals surface area contributed by atoms with Crippen molar-refractivity contribution in [2.45, 2.75) is 25.9 Å². The summed E-state index contributed by atoms with van der Waals surface area (Å²) in [6.07, 6.45) is 0. The van der Waals surface area contributed by atoms with Crippen molar-refractivity contribution in [3.05, 3.63) is 71.0 Å². The summed E-state index contributed by atoms with van der Waals surface area (Å²) in [7, 11) is 0. The fourth-order valence-electron chi connectivity index (χ4n) is 2.13. The van der Waals surface area contributed by atoms with Crippen LogP contribution in [0.1, 0.15) is 35.7 Å².